The molecule has 158 valence electrons. The molecule has 5 rings (SSSR count). The molecule has 0 atom stereocenters. The first-order chi connectivity index (χ1) is 15.3. The first-order valence-electron chi connectivity index (χ1n) is 10.9. The molecule has 1 saturated heterocycles. The van der Waals surface area contributed by atoms with Crippen LogP contribution in [-0.2, 0) is 17.8 Å². The summed E-state index contributed by atoms with van der Waals surface area (Å²) in [7, 11) is 0. The minimum Gasteiger partial charge on any atom is -0.343 e. The van der Waals surface area contributed by atoms with Crippen LogP contribution in [0.5, 0.6) is 0 Å². The van der Waals surface area contributed by atoms with Crippen LogP contribution < -0.4 is 0 Å². The second-order valence-corrected chi connectivity index (χ2v) is 8.27. The van der Waals surface area contributed by atoms with Gasteiger partial charge in [-0.2, -0.15) is 15.4 Å². The van der Waals surface area contributed by atoms with Gasteiger partial charge in [0, 0.05) is 31.6 Å². The minimum absolute atomic E-state index is 0.274. The van der Waals surface area contributed by atoms with E-state index in [9.17, 15) is 4.79 Å². The molecule has 0 radical (unpaired) electrons. The van der Waals surface area contributed by atoms with Crippen LogP contribution in [-0.4, -0.2) is 48.9 Å². The number of fused-ring (bicyclic) bond motifs is 1. The van der Waals surface area contributed by atoms with Crippen molar-refractivity contribution >= 4 is 16.9 Å². The molecule has 1 aliphatic rings. The molecule has 0 aliphatic carbocycles. The zero-order valence-electron chi connectivity index (χ0n) is 17.4. The highest BCUT2D eigenvalue weighted by Gasteiger charge is 2.23. The van der Waals surface area contributed by atoms with Crippen LogP contribution in [0.2, 0.25) is 0 Å². The Balaban J connectivity index is 1.16. The highest BCUT2D eigenvalue weighted by molar-refractivity contribution is 5.81. The van der Waals surface area contributed by atoms with E-state index in [4.69, 9.17) is 0 Å². The third kappa shape index (κ3) is 4.35. The van der Waals surface area contributed by atoms with E-state index in [0.29, 0.717) is 12.3 Å². The van der Waals surface area contributed by atoms with Gasteiger partial charge < -0.3 is 9.47 Å². The number of amides is 1. The minimum atomic E-state index is 0.274. The number of benzene rings is 2. The van der Waals surface area contributed by atoms with E-state index in [1.165, 1.54) is 5.56 Å². The fraction of sp³-hybridized carbons (Fsp3) is 0.333. The van der Waals surface area contributed by atoms with Gasteiger partial charge in [0.2, 0.25) is 5.91 Å². The summed E-state index contributed by atoms with van der Waals surface area (Å²) >= 11 is 0. The third-order valence-electron chi connectivity index (χ3n) is 6.22. The van der Waals surface area contributed by atoms with E-state index < -0.39 is 0 Å². The van der Waals surface area contributed by atoms with E-state index >= 15 is 0 Å². The molecule has 0 saturated carbocycles. The van der Waals surface area contributed by atoms with Crippen LogP contribution in [0, 0.1) is 5.92 Å². The van der Waals surface area contributed by atoms with Crippen molar-refractivity contribution in [2.45, 2.75) is 32.2 Å². The van der Waals surface area contributed by atoms with E-state index in [1.54, 1.807) is 6.20 Å². The fourth-order valence-corrected chi connectivity index (χ4v) is 4.41. The largest absolute Gasteiger partial charge is 0.343 e. The summed E-state index contributed by atoms with van der Waals surface area (Å²) in [6.45, 7) is 2.63. The summed E-state index contributed by atoms with van der Waals surface area (Å²) in [6.07, 6.45) is 7.12. The first-order valence-corrected chi connectivity index (χ1v) is 10.9. The second kappa shape index (κ2) is 8.71. The first kappa shape index (κ1) is 19.5. The average molecular weight is 415 g/mol. The Bertz CT molecular complexity index is 1140. The zero-order valence-corrected chi connectivity index (χ0v) is 17.4. The zero-order chi connectivity index (χ0) is 21.0. The molecule has 4 aromatic rings. The van der Waals surface area contributed by atoms with Gasteiger partial charge in [0.1, 0.15) is 5.69 Å². The van der Waals surface area contributed by atoms with Crippen LogP contribution in [0.3, 0.4) is 0 Å². The van der Waals surface area contributed by atoms with Gasteiger partial charge in [-0.05, 0) is 42.9 Å². The van der Waals surface area contributed by atoms with Gasteiger partial charge in [-0.1, -0.05) is 36.4 Å². The number of nitrogens with zero attached hydrogens (tertiary/aromatic N) is 5. The molecule has 1 N–H and O–H groups in total. The number of hydrogen-bond acceptors (Lipinski definition) is 4. The second-order valence-electron chi connectivity index (χ2n) is 8.27. The normalized spacial score (nSPS) is 14.9. The summed E-state index contributed by atoms with van der Waals surface area (Å²) in [5, 5.41) is 10.7. The lowest BCUT2D eigenvalue weighted by atomic mass is 9.96. The molecule has 1 aliphatic heterocycles. The van der Waals surface area contributed by atoms with Crippen molar-refractivity contribution in [2.24, 2.45) is 5.92 Å². The topological polar surface area (TPSA) is 79.7 Å². The lowest BCUT2D eigenvalue weighted by Gasteiger charge is -2.32. The summed E-state index contributed by atoms with van der Waals surface area (Å²) < 4.78 is 2.24. The number of rotatable bonds is 6. The SMILES string of the molecule is O=C(CCc1ccccc1)N1CCC(Cn2cnc3cc(-c4cn[nH]n4)ccc32)CC1. The molecule has 7 nitrogen and oxygen atoms in total. The van der Waals surface area contributed by atoms with Crippen molar-refractivity contribution in [1.29, 1.82) is 0 Å². The number of hydrogen-bond donors (Lipinski definition) is 1. The smallest absolute Gasteiger partial charge is 0.222 e. The third-order valence-corrected chi connectivity index (χ3v) is 6.22. The number of imidazole rings is 1. The maximum atomic E-state index is 12.6. The van der Waals surface area contributed by atoms with Gasteiger partial charge in [-0.15, -0.1) is 0 Å². The summed E-state index contributed by atoms with van der Waals surface area (Å²) in [4.78, 5) is 19.2. The Labute approximate surface area is 181 Å². The van der Waals surface area contributed by atoms with Gasteiger partial charge in [-0.25, -0.2) is 4.98 Å². The fourth-order valence-electron chi connectivity index (χ4n) is 4.41. The van der Waals surface area contributed by atoms with Crippen LogP contribution in [0.25, 0.3) is 22.3 Å². The van der Waals surface area contributed by atoms with Gasteiger partial charge >= 0.3 is 0 Å². The van der Waals surface area contributed by atoms with Gasteiger partial charge in [0.25, 0.3) is 0 Å². The van der Waals surface area contributed by atoms with Crippen molar-refractivity contribution in [3.8, 4) is 11.3 Å². The number of piperidine rings is 1. The monoisotopic (exact) mass is 414 g/mol. The van der Waals surface area contributed by atoms with Crippen LogP contribution >= 0.6 is 0 Å². The predicted molar refractivity (Wildman–Crippen MR) is 119 cm³/mol. The van der Waals surface area contributed by atoms with Crippen LogP contribution in [0.1, 0.15) is 24.8 Å². The van der Waals surface area contributed by atoms with Crippen LogP contribution in [0.4, 0.5) is 0 Å². The van der Waals surface area contributed by atoms with Gasteiger partial charge in [0.05, 0.1) is 23.6 Å². The van der Waals surface area contributed by atoms with Crippen molar-refractivity contribution in [1.82, 2.24) is 29.9 Å². The van der Waals surface area contributed by atoms with E-state index in [0.717, 1.165) is 61.2 Å². The quantitative estimate of drug-likeness (QED) is 0.522. The van der Waals surface area contributed by atoms with Crippen molar-refractivity contribution < 1.29 is 4.79 Å². The highest BCUT2D eigenvalue weighted by Crippen LogP contribution is 2.25. The predicted octanol–water partition coefficient (Wildman–Crippen LogP) is 3.69. The molecule has 3 heterocycles. The van der Waals surface area contributed by atoms with E-state index in [1.807, 2.05) is 29.4 Å². The number of likely N-dealkylation sites (tertiary alicyclic amines) is 1. The summed E-state index contributed by atoms with van der Waals surface area (Å²) in [5.74, 6) is 0.835. The van der Waals surface area contributed by atoms with E-state index in [2.05, 4.69) is 55.3 Å². The molecule has 31 heavy (non-hydrogen) atoms. The molecule has 2 aromatic heterocycles. The molecule has 2 aromatic carbocycles. The van der Waals surface area contributed by atoms with Crippen molar-refractivity contribution in [3.63, 3.8) is 0 Å². The molecule has 7 heteroatoms. The number of aryl methyl sites for hydroxylation is 1. The number of nitrogens with one attached hydrogen (secondary N) is 1. The Morgan fingerprint density at radius 2 is 1.94 bits per heavy atom. The average Bonchev–Trinajstić information content (AvgIpc) is 3.49. The number of carbonyl (C=O) groups excluding carboxylic acids is 1. The van der Waals surface area contributed by atoms with Crippen molar-refractivity contribution in [3.05, 3.63) is 66.6 Å². The maximum absolute atomic E-state index is 12.6. The maximum Gasteiger partial charge on any atom is 0.222 e. The number of carbonyl (C=O) groups is 1. The lowest BCUT2D eigenvalue weighted by Crippen LogP contribution is -2.39. The molecule has 1 fully saturated rings. The molecule has 1 amide bonds. The Morgan fingerprint density at radius 3 is 2.71 bits per heavy atom. The Kier molecular flexibility index (Phi) is 5.48. The molecular weight excluding hydrogens is 388 g/mol. The summed E-state index contributed by atoms with van der Waals surface area (Å²) in [6, 6.07) is 16.5. The molecular formula is C24H26N6O. The highest BCUT2D eigenvalue weighted by atomic mass is 16.2. The standard InChI is InChI=1S/C24H26N6O/c31-24(9-6-18-4-2-1-3-5-18)29-12-10-19(11-13-29)16-30-17-25-21-14-20(7-8-23(21)30)22-15-26-28-27-22/h1-5,7-8,14-15,17,19H,6,9-13,16H2,(H,26,27,28). The van der Waals surface area contributed by atoms with Crippen LogP contribution in [0.15, 0.2) is 61.1 Å². The van der Waals surface area contributed by atoms with Crippen molar-refractivity contribution in [2.75, 3.05) is 13.1 Å². The lowest BCUT2D eigenvalue weighted by molar-refractivity contribution is -0.132. The van der Waals surface area contributed by atoms with E-state index in [-0.39, 0.29) is 5.91 Å². The van der Waals surface area contributed by atoms with Gasteiger partial charge in [-0.3, -0.25) is 4.79 Å². The number of aromatic nitrogens is 5. The number of H-pyrrole nitrogens is 1. The summed E-state index contributed by atoms with van der Waals surface area (Å²) in [5.41, 5.74) is 5.15. The molecule has 0 spiro atoms. The Morgan fingerprint density at radius 1 is 1.10 bits per heavy atom. The van der Waals surface area contributed by atoms with Gasteiger partial charge in [0.15, 0.2) is 0 Å². The Hall–Kier alpha value is -3.48. The molecule has 0 unspecified atom stereocenters. The molecule has 0 bridgehead atoms. The number of aromatic amines is 1.